The molecule has 126 valence electrons. The van der Waals surface area contributed by atoms with Crippen LogP contribution in [0.1, 0.15) is 71.1 Å². The van der Waals surface area contributed by atoms with E-state index in [1.165, 1.54) is 38.5 Å². The highest BCUT2D eigenvalue weighted by molar-refractivity contribution is 5.07. The highest BCUT2D eigenvalue weighted by Crippen LogP contribution is 2.17. The maximum absolute atomic E-state index is 8.85. The third kappa shape index (κ3) is 9.97. The van der Waals surface area contributed by atoms with Gasteiger partial charge in [0.1, 0.15) is 0 Å². The minimum Gasteiger partial charge on any atom is -0.396 e. The zero-order valence-corrected chi connectivity index (χ0v) is 14.3. The number of hydrogen-bond acceptors (Lipinski definition) is 2. The second-order valence-corrected chi connectivity index (χ2v) is 6.27. The van der Waals surface area contributed by atoms with E-state index in [1.807, 2.05) is 0 Å². The molecule has 0 radical (unpaired) electrons. The molecule has 2 N–H and O–H groups in total. The summed E-state index contributed by atoms with van der Waals surface area (Å²) in [5.74, 6) is 0. The molecule has 2 heteroatoms. The summed E-state index contributed by atoms with van der Waals surface area (Å²) in [6, 6.07) is 1.17. The molecule has 2 nitrogen and oxygen atoms in total. The second kappa shape index (κ2) is 13.8. The number of aliphatic hydroxyl groups is 1. The van der Waals surface area contributed by atoms with Crippen molar-refractivity contribution in [2.45, 2.75) is 83.2 Å². The molecule has 1 saturated heterocycles. The third-order valence-corrected chi connectivity index (χ3v) is 4.19. The normalized spacial score (nSPS) is 23.2. The van der Waals surface area contributed by atoms with Gasteiger partial charge in [-0.15, -0.1) is 0 Å². The lowest BCUT2D eigenvalue weighted by atomic mass is 9.95. The quantitative estimate of drug-likeness (QED) is 0.323. The molecule has 1 rings (SSSR count). The predicted molar refractivity (Wildman–Crippen MR) is 97.1 cm³/mol. The zero-order valence-electron chi connectivity index (χ0n) is 14.3. The van der Waals surface area contributed by atoms with Gasteiger partial charge in [-0.3, -0.25) is 0 Å². The number of unbranched alkanes of at least 4 members (excludes halogenated alkanes) is 3. The standard InChI is InChI=1S/C20H35NO/c1-2-3-4-5-6-7-8-9-10-14-19-16-13-17-20(21-19)15-11-12-18-22/h4-5,8-10,14,19-22H,2-3,6-7,11-13,15-18H2,1H3/b5-4-,9-8-,14-10-/t19-,20+/m1/s1. The third-order valence-electron chi connectivity index (χ3n) is 4.19. The van der Waals surface area contributed by atoms with E-state index in [4.69, 9.17) is 5.11 Å². The number of piperidine rings is 1. The Morgan fingerprint density at radius 3 is 2.64 bits per heavy atom. The Morgan fingerprint density at radius 1 is 1.00 bits per heavy atom. The average molecular weight is 306 g/mol. The summed E-state index contributed by atoms with van der Waals surface area (Å²) in [5.41, 5.74) is 0. The molecule has 1 fully saturated rings. The summed E-state index contributed by atoms with van der Waals surface area (Å²) in [5, 5.41) is 12.6. The molecule has 22 heavy (non-hydrogen) atoms. The number of nitrogens with one attached hydrogen (secondary N) is 1. The molecule has 0 aromatic carbocycles. The Balaban J connectivity index is 2.13. The lowest BCUT2D eigenvalue weighted by molar-refractivity contribution is 0.271. The van der Waals surface area contributed by atoms with Crippen LogP contribution in [0.4, 0.5) is 0 Å². The molecule has 2 atom stereocenters. The van der Waals surface area contributed by atoms with Gasteiger partial charge in [-0.25, -0.2) is 0 Å². The van der Waals surface area contributed by atoms with Crippen molar-refractivity contribution in [3.63, 3.8) is 0 Å². The van der Waals surface area contributed by atoms with E-state index < -0.39 is 0 Å². The lowest BCUT2D eigenvalue weighted by Gasteiger charge is -2.29. The van der Waals surface area contributed by atoms with E-state index >= 15 is 0 Å². The number of rotatable bonds is 11. The van der Waals surface area contributed by atoms with Crippen LogP contribution in [0, 0.1) is 0 Å². The van der Waals surface area contributed by atoms with Crippen molar-refractivity contribution in [2.75, 3.05) is 6.61 Å². The van der Waals surface area contributed by atoms with Crippen molar-refractivity contribution in [1.29, 1.82) is 0 Å². The zero-order chi connectivity index (χ0) is 15.9. The number of allylic oxidation sites excluding steroid dienone is 5. The summed E-state index contributed by atoms with van der Waals surface area (Å²) in [6.07, 6.45) is 25.4. The van der Waals surface area contributed by atoms with Crippen LogP contribution in [0.3, 0.4) is 0 Å². The molecule has 0 spiro atoms. The highest BCUT2D eigenvalue weighted by Gasteiger charge is 2.18. The molecule has 1 aliphatic heterocycles. The van der Waals surface area contributed by atoms with Gasteiger partial charge >= 0.3 is 0 Å². The van der Waals surface area contributed by atoms with Gasteiger partial charge in [-0.1, -0.05) is 56.2 Å². The Labute approximate surface area is 137 Å². The molecule has 1 aliphatic rings. The van der Waals surface area contributed by atoms with Gasteiger partial charge < -0.3 is 10.4 Å². The van der Waals surface area contributed by atoms with Gasteiger partial charge in [0, 0.05) is 18.7 Å². The fourth-order valence-corrected chi connectivity index (χ4v) is 2.90. The Hall–Kier alpha value is -0.860. The minimum atomic E-state index is 0.328. The molecular weight excluding hydrogens is 270 g/mol. The van der Waals surface area contributed by atoms with Gasteiger partial charge in [0.25, 0.3) is 0 Å². The average Bonchev–Trinajstić information content (AvgIpc) is 2.54. The van der Waals surface area contributed by atoms with E-state index in [2.05, 4.69) is 48.7 Å². The first-order valence-corrected chi connectivity index (χ1v) is 9.22. The van der Waals surface area contributed by atoms with Crippen LogP contribution in [0.15, 0.2) is 36.5 Å². The molecule has 0 bridgehead atoms. The summed E-state index contributed by atoms with van der Waals surface area (Å²) in [7, 11) is 0. The fraction of sp³-hybridized carbons (Fsp3) is 0.700. The van der Waals surface area contributed by atoms with Crippen LogP contribution in [0.25, 0.3) is 0 Å². The van der Waals surface area contributed by atoms with E-state index in [1.54, 1.807) is 0 Å². The first-order chi connectivity index (χ1) is 10.9. The predicted octanol–water partition coefficient (Wildman–Crippen LogP) is 4.91. The smallest absolute Gasteiger partial charge is 0.0431 e. The Morgan fingerprint density at radius 2 is 1.82 bits per heavy atom. The first-order valence-electron chi connectivity index (χ1n) is 9.22. The van der Waals surface area contributed by atoms with Crippen LogP contribution in [-0.4, -0.2) is 23.8 Å². The minimum absolute atomic E-state index is 0.328. The van der Waals surface area contributed by atoms with Crippen LogP contribution in [0.2, 0.25) is 0 Å². The maximum atomic E-state index is 8.85. The fourth-order valence-electron chi connectivity index (χ4n) is 2.90. The molecular formula is C20H35NO. The molecule has 0 aliphatic carbocycles. The second-order valence-electron chi connectivity index (χ2n) is 6.27. The van der Waals surface area contributed by atoms with Gasteiger partial charge in [0.05, 0.1) is 0 Å². The van der Waals surface area contributed by atoms with Crippen molar-refractivity contribution >= 4 is 0 Å². The number of hydrogen-bond donors (Lipinski definition) is 2. The Kier molecular flexibility index (Phi) is 12.0. The van der Waals surface area contributed by atoms with E-state index in [0.29, 0.717) is 18.7 Å². The summed E-state index contributed by atoms with van der Waals surface area (Å²) in [6.45, 7) is 2.54. The molecule has 0 unspecified atom stereocenters. The molecule has 0 aromatic heterocycles. The van der Waals surface area contributed by atoms with Gasteiger partial charge in [-0.05, 0) is 51.4 Å². The maximum Gasteiger partial charge on any atom is 0.0431 e. The highest BCUT2D eigenvalue weighted by atomic mass is 16.2. The summed E-state index contributed by atoms with van der Waals surface area (Å²) >= 11 is 0. The van der Waals surface area contributed by atoms with Crippen LogP contribution in [0.5, 0.6) is 0 Å². The van der Waals surface area contributed by atoms with Crippen molar-refractivity contribution in [3.05, 3.63) is 36.5 Å². The number of aliphatic hydroxyl groups excluding tert-OH is 1. The summed E-state index contributed by atoms with van der Waals surface area (Å²) in [4.78, 5) is 0. The molecule has 1 heterocycles. The van der Waals surface area contributed by atoms with Crippen molar-refractivity contribution < 1.29 is 5.11 Å². The monoisotopic (exact) mass is 305 g/mol. The van der Waals surface area contributed by atoms with Gasteiger partial charge in [-0.2, -0.15) is 0 Å². The van der Waals surface area contributed by atoms with Crippen molar-refractivity contribution in [3.8, 4) is 0 Å². The molecule has 0 aromatic rings. The van der Waals surface area contributed by atoms with Gasteiger partial charge in [0.15, 0.2) is 0 Å². The van der Waals surface area contributed by atoms with Crippen molar-refractivity contribution in [1.82, 2.24) is 5.32 Å². The van der Waals surface area contributed by atoms with Crippen LogP contribution in [-0.2, 0) is 0 Å². The van der Waals surface area contributed by atoms with Crippen LogP contribution >= 0.6 is 0 Å². The van der Waals surface area contributed by atoms with Gasteiger partial charge in [0.2, 0.25) is 0 Å². The Bertz CT molecular complexity index is 333. The molecule has 0 saturated carbocycles. The molecule has 0 amide bonds. The van der Waals surface area contributed by atoms with E-state index in [0.717, 1.165) is 25.7 Å². The van der Waals surface area contributed by atoms with Crippen LogP contribution < -0.4 is 5.32 Å². The SMILES string of the molecule is CCC/C=C\CC/C=C\C=C/[C@@H]1CCC[C@H](CCCCO)N1. The first kappa shape index (κ1) is 19.2. The topological polar surface area (TPSA) is 32.3 Å². The van der Waals surface area contributed by atoms with Crippen molar-refractivity contribution in [2.24, 2.45) is 0 Å². The van der Waals surface area contributed by atoms with E-state index in [-0.39, 0.29) is 0 Å². The summed E-state index contributed by atoms with van der Waals surface area (Å²) < 4.78 is 0. The van der Waals surface area contributed by atoms with E-state index in [9.17, 15) is 0 Å². The lowest BCUT2D eigenvalue weighted by Crippen LogP contribution is -2.41. The largest absolute Gasteiger partial charge is 0.396 e.